The lowest BCUT2D eigenvalue weighted by atomic mass is 9.86. The number of amides is 1. The van der Waals surface area contributed by atoms with Crippen LogP contribution in [0.1, 0.15) is 40.2 Å². The predicted octanol–water partition coefficient (Wildman–Crippen LogP) is 3.27. The van der Waals surface area contributed by atoms with Crippen molar-refractivity contribution in [3.05, 3.63) is 33.9 Å². The second-order valence-electron chi connectivity index (χ2n) is 7.04. The number of non-ortho nitro benzene ring substituents is 1. The van der Waals surface area contributed by atoms with Gasteiger partial charge in [-0.05, 0) is 30.9 Å². The zero-order valence-corrected chi connectivity index (χ0v) is 12.6. The second-order valence-corrected chi connectivity index (χ2v) is 7.04. The maximum Gasteiger partial charge on any atom is 0.269 e. The van der Waals surface area contributed by atoms with Gasteiger partial charge >= 0.3 is 0 Å². The first-order valence-electron chi connectivity index (χ1n) is 6.65. The van der Waals surface area contributed by atoms with E-state index >= 15 is 0 Å². The molecule has 20 heavy (non-hydrogen) atoms. The predicted molar refractivity (Wildman–Crippen MR) is 77.9 cm³/mol. The lowest BCUT2D eigenvalue weighted by Crippen LogP contribution is -2.40. The third-order valence-electron chi connectivity index (χ3n) is 3.57. The fourth-order valence-electron chi connectivity index (χ4n) is 2.57. The van der Waals surface area contributed by atoms with Crippen molar-refractivity contribution < 1.29 is 9.72 Å². The average Bonchev–Trinajstić information content (AvgIpc) is 2.49. The Morgan fingerprint density at radius 1 is 1.30 bits per heavy atom. The number of fused-ring (bicyclic) bond motifs is 1. The number of nitrogens with zero attached hydrogens (tertiary/aromatic N) is 2. The molecule has 1 heterocycles. The first-order chi connectivity index (χ1) is 9.04. The number of benzene rings is 1. The summed E-state index contributed by atoms with van der Waals surface area (Å²) in [5, 5.41) is 10.9. The van der Waals surface area contributed by atoms with E-state index in [-0.39, 0.29) is 17.0 Å². The monoisotopic (exact) mass is 276 g/mol. The quantitative estimate of drug-likeness (QED) is 0.615. The van der Waals surface area contributed by atoms with Gasteiger partial charge in [0.2, 0.25) is 5.91 Å². The molecular formula is C15H20N2O3. The topological polar surface area (TPSA) is 63.5 Å². The summed E-state index contributed by atoms with van der Waals surface area (Å²) in [5.74, 6) is 0.00271. The van der Waals surface area contributed by atoms with Gasteiger partial charge in [-0.15, -0.1) is 0 Å². The van der Waals surface area contributed by atoms with Crippen molar-refractivity contribution in [2.24, 2.45) is 5.41 Å². The molecule has 0 atom stereocenters. The standard InChI is InChI=1S/C15H20N2O3/c1-14(2,3)9-16-12-7-6-10(17(19)20)8-11(12)15(4,5)13(16)18/h6-8H,9H2,1-5H3. The van der Waals surface area contributed by atoms with Gasteiger partial charge in [0.05, 0.1) is 10.3 Å². The number of rotatable bonds is 2. The number of hydrogen-bond acceptors (Lipinski definition) is 3. The van der Waals surface area contributed by atoms with Gasteiger partial charge in [-0.25, -0.2) is 0 Å². The van der Waals surface area contributed by atoms with Crippen LogP contribution in [0.25, 0.3) is 0 Å². The highest BCUT2D eigenvalue weighted by Gasteiger charge is 2.45. The van der Waals surface area contributed by atoms with E-state index in [0.717, 1.165) is 11.3 Å². The number of nitro groups is 1. The summed E-state index contributed by atoms with van der Waals surface area (Å²) in [4.78, 5) is 24.8. The van der Waals surface area contributed by atoms with Gasteiger partial charge in [0.15, 0.2) is 0 Å². The van der Waals surface area contributed by atoms with Gasteiger partial charge in [-0.2, -0.15) is 0 Å². The molecule has 0 aliphatic carbocycles. The van der Waals surface area contributed by atoms with E-state index in [9.17, 15) is 14.9 Å². The Hall–Kier alpha value is -1.91. The van der Waals surface area contributed by atoms with Crippen molar-refractivity contribution in [2.45, 2.75) is 40.0 Å². The summed E-state index contributed by atoms with van der Waals surface area (Å²) in [6.07, 6.45) is 0. The molecule has 0 saturated heterocycles. The average molecular weight is 276 g/mol. The SMILES string of the molecule is CC(C)(C)CN1C(=O)C(C)(C)c2cc([N+](=O)[O-])ccc21. The van der Waals surface area contributed by atoms with Crippen molar-refractivity contribution in [3.8, 4) is 0 Å². The van der Waals surface area contributed by atoms with E-state index in [1.165, 1.54) is 12.1 Å². The van der Waals surface area contributed by atoms with Gasteiger partial charge < -0.3 is 4.90 Å². The highest BCUT2D eigenvalue weighted by atomic mass is 16.6. The number of anilines is 1. The minimum atomic E-state index is -0.716. The van der Waals surface area contributed by atoms with Crippen molar-refractivity contribution in [3.63, 3.8) is 0 Å². The molecule has 0 unspecified atom stereocenters. The largest absolute Gasteiger partial charge is 0.311 e. The molecule has 5 nitrogen and oxygen atoms in total. The first kappa shape index (κ1) is 14.5. The molecule has 1 amide bonds. The van der Waals surface area contributed by atoms with E-state index in [1.54, 1.807) is 11.0 Å². The Labute approximate surface area is 118 Å². The van der Waals surface area contributed by atoms with Crippen molar-refractivity contribution in [2.75, 3.05) is 11.4 Å². The maximum absolute atomic E-state index is 12.6. The lowest BCUT2D eigenvalue weighted by Gasteiger charge is -2.28. The summed E-state index contributed by atoms with van der Waals surface area (Å²) >= 11 is 0. The van der Waals surface area contributed by atoms with Crippen molar-refractivity contribution in [1.29, 1.82) is 0 Å². The maximum atomic E-state index is 12.6. The molecule has 108 valence electrons. The zero-order valence-electron chi connectivity index (χ0n) is 12.6. The van der Waals surface area contributed by atoms with Crippen LogP contribution in [0.5, 0.6) is 0 Å². The highest BCUT2D eigenvalue weighted by molar-refractivity contribution is 6.07. The van der Waals surface area contributed by atoms with Crippen LogP contribution < -0.4 is 4.90 Å². The van der Waals surface area contributed by atoms with Gasteiger partial charge in [0, 0.05) is 24.4 Å². The van der Waals surface area contributed by atoms with Gasteiger partial charge in [0.1, 0.15) is 0 Å². The molecule has 0 aromatic heterocycles. The molecule has 5 heteroatoms. The summed E-state index contributed by atoms with van der Waals surface area (Å²) in [6, 6.07) is 4.67. The van der Waals surface area contributed by atoms with E-state index in [0.29, 0.717) is 6.54 Å². The van der Waals surface area contributed by atoms with E-state index in [2.05, 4.69) is 20.8 Å². The van der Waals surface area contributed by atoms with E-state index < -0.39 is 10.3 Å². The molecule has 0 radical (unpaired) electrons. The van der Waals surface area contributed by atoms with Gasteiger partial charge in [-0.3, -0.25) is 14.9 Å². The zero-order chi connectivity index (χ0) is 15.3. The molecule has 1 aliphatic rings. The molecule has 0 fully saturated rings. The fraction of sp³-hybridized carbons (Fsp3) is 0.533. The minimum absolute atomic E-state index is 0.00271. The van der Waals surface area contributed by atoms with Crippen LogP contribution >= 0.6 is 0 Å². The Morgan fingerprint density at radius 2 is 1.90 bits per heavy atom. The van der Waals surface area contributed by atoms with Crippen molar-refractivity contribution >= 4 is 17.3 Å². The third kappa shape index (κ3) is 2.28. The van der Waals surface area contributed by atoms with E-state index in [1.807, 2.05) is 13.8 Å². The molecule has 1 aromatic rings. The van der Waals surface area contributed by atoms with Crippen LogP contribution in [0.3, 0.4) is 0 Å². The summed E-state index contributed by atoms with van der Waals surface area (Å²) in [6.45, 7) is 10.4. The minimum Gasteiger partial charge on any atom is -0.311 e. The summed E-state index contributed by atoms with van der Waals surface area (Å²) in [7, 11) is 0. The van der Waals surface area contributed by atoms with Crippen LogP contribution in [0.2, 0.25) is 0 Å². The summed E-state index contributed by atoms with van der Waals surface area (Å²) < 4.78 is 0. The number of nitro benzene ring substituents is 1. The Kier molecular flexibility index (Phi) is 3.11. The molecule has 0 N–H and O–H groups in total. The Bertz CT molecular complexity index is 585. The van der Waals surface area contributed by atoms with Gasteiger partial charge in [-0.1, -0.05) is 20.8 Å². The van der Waals surface area contributed by atoms with Gasteiger partial charge in [0.25, 0.3) is 5.69 Å². The number of carbonyl (C=O) groups excluding carboxylic acids is 1. The molecule has 0 bridgehead atoms. The molecule has 1 aliphatic heterocycles. The van der Waals surface area contributed by atoms with Crippen LogP contribution in [-0.2, 0) is 10.2 Å². The first-order valence-corrected chi connectivity index (χ1v) is 6.65. The number of carbonyl (C=O) groups is 1. The van der Waals surface area contributed by atoms with Crippen LogP contribution in [0, 0.1) is 15.5 Å². The Morgan fingerprint density at radius 3 is 2.40 bits per heavy atom. The van der Waals surface area contributed by atoms with Crippen molar-refractivity contribution in [1.82, 2.24) is 0 Å². The molecule has 2 rings (SSSR count). The summed E-state index contributed by atoms with van der Waals surface area (Å²) in [5.41, 5.74) is 0.811. The molecule has 1 aromatic carbocycles. The lowest BCUT2D eigenvalue weighted by molar-refractivity contribution is -0.384. The molecular weight excluding hydrogens is 256 g/mol. The van der Waals surface area contributed by atoms with Crippen LogP contribution in [0.15, 0.2) is 18.2 Å². The fourth-order valence-corrected chi connectivity index (χ4v) is 2.57. The normalized spacial score (nSPS) is 17.2. The van der Waals surface area contributed by atoms with Crippen LogP contribution in [0.4, 0.5) is 11.4 Å². The van der Waals surface area contributed by atoms with Crippen LogP contribution in [-0.4, -0.2) is 17.4 Å². The second kappa shape index (κ2) is 4.30. The third-order valence-corrected chi connectivity index (χ3v) is 3.57. The Balaban J connectivity index is 2.54. The molecule has 0 saturated carbocycles. The smallest absolute Gasteiger partial charge is 0.269 e. The number of hydrogen-bond donors (Lipinski definition) is 0. The van der Waals surface area contributed by atoms with E-state index in [4.69, 9.17) is 0 Å². The highest BCUT2D eigenvalue weighted by Crippen LogP contribution is 2.44. The molecule has 0 spiro atoms.